The Balaban J connectivity index is 1.47. The zero-order valence-electron chi connectivity index (χ0n) is 17.5. The number of hydrogen-bond acceptors (Lipinski definition) is 5. The lowest BCUT2D eigenvalue weighted by Gasteiger charge is -2.21. The van der Waals surface area contributed by atoms with Gasteiger partial charge in [0.15, 0.2) is 0 Å². The standard InChI is InChI=1S/C24H25N5OS/c1-16(21-25-20-15-9-8-14-19(20)23(30)26-21)31-24-27-22(17-10-4-2-5-11-17)29(28-24)18-12-6-3-7-13-18/h3,6-9,12-17H,2,4-5,10-11H2,1H3,(H,25,26,30). The van der Waals surface area contributed by atoms with E-state index < -0.39 is 0 Å². The summed E-state index contributed by atoms with van der Waals surface area (Å²) in [5.74, 6) is 2.12. The number of aromatic amines is 1. The van der Waals surface area contributed by atoms with Crippen molar-refractivity contribution in [1.29, 1.82) is 0 Å². The molecule has 1 aliphatic rings. The zero-order chi connectivity index (χ0) is 21.2. The zero-order valence-corrected chi connectivity index (χ0v) is 18.3. The molecule has 5 rings (SSSR count). The number of fused-ring (bicyclic) bond motifs is 1. The highest BCUT2D eigenvalue weighted by Gasteiger charge is 2.24. The van der Waals surface area contributed by atoms with E-state index in [9.17, 15) is 4.79 Å². The Bertz CT molecular complexity index is 1240. The maximum Gasteiger partial charge on any atom is 0.258 e. The second kappa shape index (κ2) is 8.67. The molecule has 0 aliphatic heterocycles. The highest BCUT2D eigenvalue weighted by atomic mass is 32.2. The van der Waals surface area contributed by atoms with Gasteiger partial charge in [0.05, 0.1) is 21.8 Å². The van der Waals surface area contributed by atoms with Gasteiger partial charge in [-0.25, -0.2) is 14.6 Å². The van der Waals surface area contributed by atoms with Crippen molar-refractivity contribution < 1.29 is 0 Å². The molecule has 2 aromatic carbocycles. The number of thioether (sulfide) groups is 1. The Morgan fingerprint density at radius 2 is 1.74 bits per heavy atom. The molecular weight excluding hydrogens is 406 g/mol. The third-order valence-corrected chi connectivity index (χ3v) is 6.84. The quantitative estimate of drug-likeness (QED) is 0.428. The van der Waals surface area contributed by atoms with Crippen LogP contribution in [0.5, 0.6) is 0 Å². The molecule has 1 aliphatic carbocycles. The highest BCUT2D eigenvalue weighted by molar-refractivity contribution is 7.99. The van der Waals surface area contributed by atoms with Gasteiger partial charge in [-0.3, -0.25) is 4.79 Å². The molecule has 0 saturated heterocycles. The van der Waals surface area contributed by atoms with Crippen LogP contribution in [0.2, 0.25) is 0 Å². The van der Waals surface area contributed by atoms with E-state index in [4.69, 9.17) is 10.1 Å². The van der Waals surface area contributed by atoms with Gasteiger partial charge in [-0.1, -0.05) is 61.4 Å². The predicted octanol–water partition coefficient (Wildman–Crippen LogP) is 5.40. The summed E-state index contributed by atoms with van der Waals surface area (Å²) in [6.45, 7) is 2.03. The minimum absolute atomic E-state index is 0.0804. The fourth-order valence-electron chi connectivity index (χ4n) is 4.25. The summed E-state index contributed by atoms with van der Waals surface area (Å²) in [4.78, 5) is 25.0. The Morgan fingerprint density at radius 3 is 2.55 bits per heavy atom. The minimum Gasteiger partial charge on any atom is -0.309 e. The van der Waals surface area contributed by atoms with Crippen LogP contribution in [0.25, 0.3) is 16.6 Å². The van der Waals surface area contributed by atoms with Crippen molar-refractivity contribution in [1.82, 2.24) is 24.7 Å². The molecule has 1 atom stereocenters. The van der Waals surface area contributed by atoms with Crippen molar-refractivity contribution in [2.24, 2.45) is 0 Å². The molecule has 1 N–H and O–H groups in total. The average Bonchev–Trinajstić information content (AvgIpc) is 3.24. The van der Waals surface area contributed by atoms with Crippen molar-refractivity contribution in [2.45, 2.75) is 55.4 Å². The largest absolute Gasteiger partial charge is 0.309 e. The van der Waals surface area contributed by atoms with Gasteiger partial charge in [0.25, 0.3) is 5.56 Å². The van der Waals surface area contributed by atoms with Crippen LogP contribution in [0.15, 0.2) is 64.5 Å². The van der Waals surface area contributed by atoms with E-state index in [1.807, 2.05) is 48.0 Å². The number of nitrogens with one attached hydrogen (secondary N) is 1. The topological polar surface area (TPSA) is 76.5 Å². The first kappa shape index (κ1) is 20.0. The predicted molar refractivity (Wildman–Crippen MR) is 124 cm³/mol. The van der Waals surface area contributed by atoms with Crippen molar-refractivity contribution in [3.63, 3.8) is 0 Å². The van der Waals surface area contributed by atoms with E-state index in [1.165, 1.54) is 31.0 Å². The van der Waals surface area contributed by atoms with Gasteiger partial charge >= 0.3 is 0 Å². The van der Waals surface area contributed by atoms with Crippen molar-refractivity contribution in [3.05, 3.63) is 76.6 Å². The van der Waals surface area contributed by atoms with Gasteiger partial charge in [0.2, 0.25) is 5.16 Å². The maximum atomic E-state index is 12.5. The third kappa shape index (κ3) is 4.14. The molecular formula is C24H25N5OS. The summed E-state index contributed by atoms with van der Waals surface area (Å²) in [6.07, 6.45) is 6.10. The Morgan fingerprint density at radius 1 is 1.00 bits per heavy atom. The van der Waals surface area contributed by atoms with Crippen LogP contribution in [0.3, 0.4) is 0 Å². The lowest BCUT2D eigenvalue weighted by atomic mass is 9.88. The van der Waals surface area contributed by atoms with E-state index in [0.29, 0.717) is 27.8 Å². The molecule has 2 heterocycles. The number of hydrogen-bond donors (Lipinski definition) is 1. The van der Waals surface area contributed by atoms with Gasteiger partial charge in [0.1, 0.15) is 11.6 Å². The van der Waals surface area contributed by atoms with Crippen molar-refractivity contribution >= 4 is 22.7 Å². The lowest BCUT2D eigenvalue weighted by molar-refractivity contribution is 0.422. The molecule has 158 valence electrons. The summed E-state index contributed by atoms with van der Waals surface area (Å²) >= 11 is 1.53. The number of aromatic nitrogens is 5. The number of para-hydroxylation sites is 2. The van der Waals surface area contributed by atoms with Crippen molar-refractivity contribution in [2.75, 3.05) is 0 Å². The molecule has 1 saturated carbocycles. The second-order valence-electron chi connectivity index (χ2n) is 8.06. The first-order chi connectivity index (χ1) is 15.2. The molecule has 0 radical (unpaired) electrons. The van der Waals surface area contributed by atoms with Crippen LogP contribution < -0.4 is 5.56 Å². The molecule has 0 amide bonds. The van der Waals surface area contributed by atoms with Crippen LogP contribution >= 0.6 is 11.8 Å². The summed E-state index contributed by atoms with van der Waals surface area (Å²) in [5.41, 5.74) is 1.63. The van der Waals surface area contributed by atoms with E-state index >= 15 is 0 Å². The smallest absolute Gasteiger partial charge is 0.258 e. The minimum atomic E-state index is -0.112. The van der Waals surface area contributed by atoms with Crippen LogP contribution in [0.4, 0.5) is 0 Å². The maximum absolute atomic E-state index is 12.5. The molecule has 6 nitrogen and oxygen atoms in total. The summed E-state index contributed by atoms with van der Waals surface area (Å²) in [7, 11) is 0. The van der Waals surface area contributed by atoms with Crippen LogP contribution in [0.1, 0.15) is 61.8 Å². The molecule has 4 aromatic rings. The first-order valence-corrected chi connectivity index (χ1v) is 11.7. The normalized spacial score (nSPS) is 15.9. The molecule has 0 spiro atoms. The van der Waals surface area contributed by atoms with Crippen molar-refractivity contribution in [3.8, 4) is 5.69 Å². The number of benzene rings is 2. The number of rotatable bonds is 5. The SMILES string of the molecule is CC(Sc1nc(C2CCCCC2)n(-c2ccccc2)n1)c1nc2ccccc2c(=O)[nH]1. The Kier molecular flexibility index (Phi) is 5.59. The average molecular weight is 432 g/mol. The fraction of sp³-hybridized carbons (Fsp3) is 0.333. The molecule has 2 aromatic heterocycles. The fourth-order valence-corrected chi connectivity index (χ4v) is 5.06. The second-order valence-corrected chi connectivity index (χ2v) is 9.37. The summed E-state index contributed by atoms with van der Waals surface area (Å²) < 4.78 is 2.00. The van der Waals surface area contributed by atoms with Gasteiger partial charge in [0, 0.05) is 5.92 Å². The van der Waals surface area contributed by atoms with E-state index in [2.05, 4.69) is 22.1 Å². The molecule has 1 fully saturated rings. The van der Waals surface area contributed by atoms with Crippen LogP contribution in [-0.4, -0.2) is 24.7 Å². The van der Waals surface area contributed by atoms with Crippen LogP contribution in [-0.2, 0) is 0 Å². The van der Waals surface area contributed by atoms with Gasteiger partial charge in [-0.2, -0.15) is 0 Å². The van der Waals surface area contributed by atoms with E-state index in [0.717, 1.165) is 24.4 Å². The van der Waals surface area contributed by atoms with E-state index in [-0.39, 0.29) is 10.8 Å². The Hall–Kier alpha value is -2.93. The first-order valence-electron chi connectivity index (χ1n) is 10.9. The molecule has 0 bridgehead atoms. The van der Waals surface area contributed by atoms with E-state index in [1.54, 1.807) is 6.07 Å². The lowest BCUT2D eigenvalue weighted by Crippen LogP contribution is -2.12. The van der Waals surface area contributed by atoms with Gasteiger partial charge in [-0.15, -0.1) is 5.10 Å². The number of nitrogens with zero attached hydrogens (tertiary/aromatic N) is 4. The summed E-state index contributed by atoms with van der Waals surface area (Å²) in [6, 6.07) is 17.6. The third-order valence-electron chi connectivity index (χ3n) is 5.88. The highest BCUT2D eigenvalue weighted by Crippen LogP contribution is 2.36. The summed E-state index contributed by atoms with van der Waals surface area (Å²) in [5, 5.41) is 6.10. The molecule has 7 heteroatoms. The van der Waals surface area contributed by atoms with Gasteiger partial charge < -0.3 is 4.98 Å². The molecule has 1 unspecified atom stereocenters. The van der Waals surface area contributed by atoms with Gasteiger partial charge in [-0.05, 0) is 44.0 Å². The number of H-pyrrole nitrogens is 1. The van der Waals surface area contributed by atoms with Crippen LogP contribution in [0, 0.1) is 0 Å². The Labute approximate surface area is 185 Å². The molecule has 31 heavy (non-hydrogen) atoms. The monoisotopic (exact) mass is 431 g/mol.